The maximum Gasteiger partial charge on any atom is 0.231 e. The van der Waals surface area contributed by atoms with Gasteiger partial charge in [-0.05, 0) is 18.2 Å². The highest BCUT2D eigenvalue weighted by Gasteiger charge is 2.19. The Kier molecular flexibility index (Phi) is 2.41. The molecule has 98 valence electrons. The minimum atomic E-state index is 0.282. The van der Waals surface area contributed by atoms with E-state index in [9.17, 15) is 0 Å². The lowest BCUT2D eigenvalue weighted by Crippen LogP contribution is -2.05. The van der Waals surface area contributed by atoms with Crippen molar-refractivity contribution in [1.82, 2.24) is 14.8 Å². The van der Waals surface area contributed by atoms with Crippen molar-refractivity contribution >= 4 is 0 Å². The summed E-state index contributed by atoms with van der Waals surface area (Å²) in [5, 5.41) is 8.54. The Morgan fingerprint density at radius 1 is 1.05 bits per heavy atom. The van der Waals surface area contributed by atoms with Crippen LogP contribution in [-0.4, -0.2) is 34.8 Å². The van der Waals surface area contributed by atoms with Crippen LogP contribution in [0.4, 0.5) is 0 Å². The molecule has 0 spiro atoms. The first-order chi connectivity index (χ1) is 9.42. The highest BCUT2D eigenvalue weighted by atomic mass is 16.7. The lowest BCUT2D eigenvalue weighted by Gasteiger charge is -2.07. The van der Waals surface area contributed by atoms with E-state index < -0.39 is 0 Å². The Balaban J connectivity index is 1.78. The first kappa shape index (κ1) is 10.8. The summed E-state index contributed by atoms with van der Waals surface area (Å²) in [7, 11) is 0. The smallest absolute Gasteiger partial charge is 0.231 e. The number of fused-ring (bicyclic) bond motifs is 2. The van der Waals surface area contributed by atoms with Crippen molar-refractivity contribution in [2.75, 3.05) is 20.0 Å². The van der Waals surface area contributed by atoms with Crippen molar-refractivity contribution < 1.29 is 14.2 Å². The van der Waals surface area contributed by atoms with E-state index in [1.165, 1.54) is 0 Å². The fourth-order valence-electron chi connectivity index (χ4n) is 2.43. The van der Waals surface area contributed by atoms with E-state index in [1.807, 2.05) is 18.2 Å². The molecule has 6 nitrogen and oxygen atoms in total. The van der Waals surface area contributed by atoms with E-state index in [4.69, 9.17) is 14.2 Å². The predicted molar refractivity (Wildman–Crippen MR) is 66.1 cm³/mol. The summed E-state index contributed by atoms with van der Waals surface area (Å²) in [5.74, 6) is 3.38. The van der Waals surface area contributed by atoms with Gasteiger partial charge in [-0.25, -0.2) is 0 Å². The topological polar surface area (TPSA) is 58.4 Å². The van der Waals surface area contributed by atoms with Gasteiger partial charge < -0.3 is 18.8 Å². The zero-order valence-electron chi connectivity index (χ0n) is 10.3. The fourth-order valence-corrected chi connectivity index (χ4v) is 2.43. The van der Waals surface area contributed by atoms with E-state index in [1.54, 1.807) is 0 Å². The minimum absolute atomic E-state index is 0.282. The monoisotopic (exact) mass is 259 g/mol. The van der Waals surface area contributed by atoms with Crippen LogP contribution < -0.4 is 9.47 Å². The third kappa shape index (κ3) is 1.76. The van der Waals surface area contributed by atoms with Crippen LogP contribution in [0.3, 0.4) is 0 Å². The van der Waals surface area contributed by atoms with Gasteiger partial charge >= 0.3 is 0 Å². The molecular formula is C13H13N3O3. The number of rotatable bonds is 1. The Labute approximate surface area is 109 Å². The lowest BCUT2D eigenvalue weighted by molar-refractivity contribution is 0.140. The molecule has 1 aromatic heterocycles. The average molecular weight is 259 g/mol. The molecule has 4 rings (SSSR count). The predicted octanol–water partition coefficient (Wildman–Crippen LogP) is 1.25. The molecule has 1 aromatic carbocycles. The number of benzene rings is 1. The van der Waals surface area contributed by atoms with Gasteiger partial charge in [0.05, 0.1) is 13.2 Å². The van der Waals surface area contributed by atoms with Gasteiger partial charge in [0.2, 0.25) is 6.79 Å². The summed E-state index contributed by atoms with van der Waals surface area (Å²) >= 11 is 0. The van der Waals surface area contributed by atoms with Gasteiger partial charge in [0.25, 0.3) is 0 Å². The third-order valence-corrected chi connectivity index (χ3v) is 3.39. The highest BCUT2D eigenvalue weighted by molar-refractivity contribution is 5.62. The normalized spacial score (nSPS) is 17.1. The molecular weight excluding hydrogens is 246 g/mol. The molecule has 0 bridgehead atoms. The van der Waals surface area contributed by atoms with Crippen molar-refractivity contribution in [2.24, 2.45) is 0 Å². The molecule has 0 amide bonds. The van der Waals surface area contributed by atoms with Crippen LogP contribution in [0.1, 0.15) is 5.82 Å². The zero-order valence-corrected chi connectivity index (χ0v) is 10.3. The van der Waals surface area contributed by atoms with Crippen LogP contribution in [0, 0.1) is 0 Å². The molecule has 0 saturated carbocycles. The van der Waals surface area contributed by atoms with E-state index in [0.717, 1.165) is 41.7 Å². The largest absolute Gasteiger partial charge is 0.454 e. The molecule has 0 radical (unpaired) electrons. The van der Waals surface area contributed by atoms with Crippen LogP contribution in [0.15, 0.2) is 18.2 Å². The Morgan fingerprint density at radius 2 is 2.00 bits per heavy atom. The van der Waals surface area contributed by atoms with E-state index in [-0.39, 0.29) is 6.79 Å². The van der Waals surface area contributed by atoms with Crippen molar-refractivity contribution in [3.63, 3.8) is 0 Å². The van der Waals surface area contributed by atoms with Gasteiger partial charge in [-0.15, -0.1) is 10.2 Å². The van der Waals surface area contributed by atoms with Crippen molar-refractivity contribution in [3.05, 3.63) is 24.0 Å². The molecule has 3 heterocycles. The summed E-state index contributed by atoms with van der Waals surface area (Å²) in [4.78, 5) is 0. The lowest BCUT2D eigenvalue weighted by atomic mass is 10.2. The molecule has 2 aromatic rings. The summed E-state index contributed by atoms with van der Waals surface area (Å²) in [6, 6.07) is 5.84. The zero-order chi connectivity index (χ0) is 12.7. The quantitative estimate of drug-likeness (QED) is 0.771. The molecule has 0 fully saturated rings. The van der Waals surface area contributed by atoms with Gasteiger partial charge in [-0.1, -0.05) is 0 Å². The average Bonchev–Trinajstić information content (AvgIpc) is 2.99. The molecule has 0 saturated heterocycles. The fraction of sp³-hybridized carbons (Fsp3) is 0.385. The van der Waals surface area contributed by atoms with Crippen LogP contribution in [0.25, 0.3) is 11.4 Å². The van der Waals surface area contributed by atoms with Gasteiger partial charge in [-0.3, -0.25) is 0 Å². The SMILES string of the molecule is c1cc2c(cc1-c1nnc3n1CCOCC3)OCO2. The maximum absolute atomic E-state index is 5.47. The van der Waals surface area contributed by atoms with Gasteiger partial charge in [0.15, 0.2) is 17.3 Å². The second-order valence-corrected chi connectivity index (χ2v) is 4.52. The van der Waals surface area contributed by atoms with Crippen molar-refractivity contribution in [3.8, 4) is 22.9 Å². The Bertz CT molecular complexity index is 624. The van der Waals surface area contributed by atoms with E-state index in [0.29, 0.717) is 13.2 Å². The number of ether oxygens (including phenoxy) is 3. The van der Waals surface area contributed by atoms with Gasteiger partial charge in [-0.2, -0.15) is 0 Å². The van der Waals surface area contributed by atoms with Gasteiger partial charge in [0.1, 0.15) is 5.82 Å². The van der Waals surface area contributed by atoms with Crippen LogP contribution >= 0.6 is 0 Å². The molecule has 2 aliphatic rings. The molecule has 0 atom stereocenters. The summed E-state index contributed by atoms with van der Waals surface area (Å²) < 4.78 is 18.3. The molecule has 19 heavy (non-hydrogen) atoms. The standard InChI is InChI=1S/C13H13N3O3/c1-2-10-11(19-8-18-10)7-9(1)13-15-14-12-3-5-17-6-4-16(12)13/h1-2,7H,3-6,8H2. The number of hydrogen-bond donors (Lipinski definition) is 0. The maximum atomic E-state index is 5.47. The molecule has 0 unspecified atom stereocenters. The molecule has 2 aliphatic heterocycles. The van der Waals surface area contributed by atoms with Crippen LogP contribution in [0.5, 0.6) is 11.5 Å². The number of nitrogens with zero attached hydrogens (tertiary/aromatic N) is 3. The Morgan fingerprint density at radius 3 is 3.00 bits per heavy atom. The first-order valence-corrected chi connectivity index (χ1v) is 6.32. The van der Waals surface area contributed by atoms with Gasteiger partial charge in [0, 0.05) is 18.5 Å². The van der Waals surface area contributed by atoms with Crippen molar-refractivity contribution in [1.29, 1.82) is 0 Å². The summed E-state index contributed by atoms with van der Waals surface area (Å²) in [6.45, 7) is 2.47. The molecule has 6 heteroatoms. The third-order valence-electron chi connectivity index (χ3n) is 3.39. The summed E-state index contributed by atoms with van der Waals surface area (Å²) in [5.41, 5.74) is 0.991. The van der Waals surface area contributed by atoms with Crippen LogP contribution in [-0.2, 0) is 17.7 Å². The van der Waals surface area contributed by atoms with E-state index in [2.05, 4.69) is 14.8 Å². The number of aromatic nitrogens is 3. The second kappa shape index (κ2) is 4.24. The Hall–Kier alpha value is -2.08. The molecule has 0 aliphatic carbocycles. The highest BCUT2D eigenvalue weighted by Crippen LogP contribution is 2.35. The second-order valence-electron chi connectivity index (χ2n) is 4.52. The number of hydrogen-bond acceptors (Lipinski definition) is 5. The summed E-state index contributed by atoms with van der Waals surface area (Å²) in [6.07, 6.45) is 0.803. The van der Waals surface area contributed by atoms with Crippen molar-refractivity contribution in [2.45, 2.75) is 13.0 Å². The van der Waals surface area contributed by atoms with Crippen LogP contribution in [0.2, 0.25) is 0 Å². The van der Waals surface area contributed by atoms with E-state index >= 15 is 0 Å². The minimum Gasteiger partial charge on any atom is -0.454 e. The first-order valence-electron chi connectivity index (χ1n) is 6.32. The molecule has 0 N–H and O–H groups in total.